The van der Waals surface area contributed by atoms with Crippen LogP contribution in [0.4, 0.5) is 4.79 Å². The highest BCUT2D eigenvalue weighted by Gasteiger charge is 2.32. The van der Waals surface area contributed by atoms with Gasteiger partial charge in [0.15, 0.2) is 0 Å². The van der Waals surface area contributed by atoms with E-state index in [-0.39, 0.29) is 24.9 Å². The number of hydrogen-bond donors (Lipinski definition) is 3. The number of methoxy groups -OCH3 is 1. The van der Waals surface area contributed by atoms with Crippen molar-refractivity contribution in [3.8, 4) is 17.6 Å². The fourth-order valence-corrected chi connectivity index (χ4v) is 3.75. The second-order valence-corrected chi connectivity index (χ2v) is 8.45. The van der Waals surface area contributed by atoms with E-state index in [1.165, 1.54) is 12.0 Å². The molecule has 1 aliphatic rings. The fourth-order valence-electron chi connectivity index (χ4n) is 3.75. The third kappa shape index (κ3) is 7.34. The summed E-state index contributed by atoms with van der Waals surface area (Å²) in [7, 11) is 3.21. The first-order chi connectivity index (χ1) is 17.7. The number of benzene rings is 2. The molecule has 0 saturated heterocycles. The molecular weight excluding hydrogens is 472 g/mol. The van der Waals surface area contributed by atoms with E-state index in [4.69, 9.17) is 4.74 Å². The lowest BCUT2D eigenvalue weighted by Gasteiger charge is -2.26. The van der Waals surface area contributed by atoms with Gasteiger partial charge in [0, 0.05) is 31.1 Å². The summed E-state index contributed by atoms with van der Waals surface area (Å²) in [5.41, 5.74) is 3.01. The van der Waals surface area contributed by atoms with Crippen molar-refractivity contribution in [2.75, 3.05) is 20.8 Å². The van der Waals surface area contributed by atoms with E-state index in [2.05, 4.69) is 22.5 Å². The van der Waals surface area contributed by atoms with E-state index in [0.29, 0.717) is 17.9 Å². The maximum atomic E-state index is 12.1. The van der Waals surface area contributed by atoms with Gasteiger partial charge in [-0.25, -0.2) is 4.79 Å². The van der Waals surface area contributed by atoms with Gasteiger partial charge in [-0.1, -0.05) is 43.9 Å². The second-order valence-electron chi connectivity index (χ2n) is 8.45. The molecule has 0 aliphatic carbocycles. The summed E-state index contributed by atoms with van der Waals surface area (Å²) in [6.45, 7) is 6.48. The molecule has 1 atom stereocenters. The van der Waals surface area contributed by atoms with Crippen molar-refractivity contribution in [1.29, 1.82) is 0 Å². The summed E-state index contributed by atoms with van der Waals surface area (Å²) in [5, 5.41) is 7.08. The first-order valence-corrected chi connectivity index (χ1v) is 12.0. The van der Waals surface area contributed by atoms with Crippen LogP contribution in [0.25, 0.3) is 0 Å². The number of rotatable bonds is 7. The molecule has 1 aliphatic heterocycles. The molecule has 3 rings (SSSR count). The molecule has 0 spiro atoms. The number of urea groups is 1. The molecule has 3 N–H and O–H groups in total. The van der Waals surface area contributed by atoms with Gasteiger partial charge in [0.1, 0.15) is 5.75 Å². The number of imide groups is 1. The van der Waals surface area contributed by atoms with Crippen LogP contribution >= 0.6 is 0 Å². The van der Waals surface area contributed by atoms with E-state index in [9.17, 15) is 19.2 Å². The molecule has 1 unspecified atom stereocenters. The van der Waals surface area contributed by atoms with Gasteiger partial charge in [0.25, 0.3) is 5.91 Å². The van der Waals surface area contributed by atoms with Gasteiger partial charge in [0.2, 0.25) is 12.3 Å². The van der Waals surface area contributed by atoms with Crippen LogP contribution in [0.1, 0.15) is 60.7 Å². The normalized spacial score (nSPS) is 13.0. The molecule has 1 heterocycles. The maximum absolute atomic E-state index is 12.1. The first-order valence-electron chi connectivity index (χ1n) is 12.0. The van der Waals surface area contributed by atoms with E-state index in [1.807, 2.05) is 56.4 Å². The van der Waals surface area contributed by atoms with E-state index < -0.39 is 11.4 Å². The quantitative estimate of drug-likeness (QED) is 0.394. The molecule has 2 aromatic rings. The molecule has 0 aromatic heterocycles. The Morgan fingerprint density at radius 3 is 2.43 bits per heavy atom. The van der Waals surface area contributed by atoms with Gasteiger partial charge in [-0.05, 0) is 48.7 Å². The van der Waals surface area contributed by atoms with Gasteiger partial charge in [-0.3, -0.25) is 19.7 Å². The third-order valence-corrected chi connectivity index (χ3v) is 6.18. The Bertz CT molecular complexity index is 1180. The first kappa shape index (κ1) is 28.9. The standard InChI is InChI=1S/C16H21NO.C12H13N3O4/c1-5-7-8-13-9-11-14(12-10-13)16(3,6-2)15(18)17-4;1-19-9-3-2-8-5-15(11(17)10(8)4-9)6-13-12(18)14-7-16/h9-12H,5-6H2,1-4H3,(H,17,18);2-4,7H,5-6H2,1H3,(H2,13,14,16,18). The summed E-state index contributed by atoms with van der Waals surface area (Å²) >= 11 is 0. The van der Waals surface area contributed by atoms with Gasteiger partial charge in [-0.15, -0.1) is 0 Å². The highest BCUT2D eigenvalue weighted by atomic mass is 16.5. The fraction of sp³-hybridized carbons (Fsp3) is 0.357. The third-order valence-electron chi connectivity index (χ3n) is 6.18. The predicted molar refractivity (Wildman–Crippen MR) is 141 cm³/mol. The summed E-state index contributed by atoms with van der Waals surface area (Å²) in [6.07, 6.45) is 1.90. The Morgan fingerprint density at radius 2 is 1.86 bits per heavy atom. The van der Waals surface area contributed by atoms with Gasteiger partial charge in [0.05, 0.1) is 19.2 Å². The SMILES string of the molecule is CCC#Cc1ccc(C(C)(CC)C(=O)NC)cc1.COc1ccc2c(c1)C(=O)N(CNC(=O)NC=O)C2. The number of nitrogens with one attached hydrogen (secondary N) is 3. The molecule has 9 nitrogen and oxygen atoms in total. The Kier molecular flexibility index (Phi) is 10.7. The Morgan fingerprint density at radius 1 is 1.16 bits per heavy atom. The van der Waals surface area contributed by atoms with Crippen molar-refractivity contribution in [1.82, 2.24) is 20.9 Å². The van der Waals surface area contributed by atoms with Crippen molar-refractivity contribution in [2.24, 2.45) is 0 Å². The molecule has 0 fully saturated rings. The zero-order valence-corrected chi connectivity index (χ0v) is 21.9. The van der Waals surface area contributed by atoms with Crippen LogP contribution in [0.15, 0.2) is 42.5 Å². The van der Waals surface area contributed by atoms with Crippen molar-refractivity contribution >= 4 is 24.3 Å². The number of nitrogens with zero attached hydrogens (tertiary/aromatic N) is 1. The summed E-state index contributed by atoms with van der Waals surface area (Å²) in [5.74, 6) is 6.61. The molecule has 196 valence electrons. The average molecular weight is 507 g/mol. The monoisotopic (exact) mass is 506 g/mol. The minimum atomic E-state index is -0.642. The lowest BCUT2D eigenvalue weighted by atomic mass is 9.79. The van der Waals surface area contributed by atoms with E-state index >= 15 is 0 Å². The van der Waals surface area contributed by atoms with Crippen LogP contribution in [0.3, 0.4) is 0 Å². The Hall–Kier alpha value is -4.32. The minimum Gasteiger partial charge on any atom is -0.497 e. The summed E-state index contributed by atoms with van der Waals surface area (Å²) < 4.78 is 5.06. The number of carbonyl (C=O) groups excluding carboxylic acids is 4. The van der Waals surface area contributed by atoms with Gasteiger partial charge in [-0.2, -0.15) is 0 Å². The van der Waals surface area contributed by atoms with E-state index in [0.717, 1.165) is 29.5 Å². The van der Waals surface area contributed by atoms with Crippen molar-refractivity contribution < 1.29 is 23.9 Å². The number of amides is 5. The molecule has 2 aromatic carbocycles. The van der Waals surface area contributed by atoms with Crippen molar-refractivity contribution in [3.05, 3.63) is 64.7 Å². The van der Waals surface area contributed by atoms with Crippen LogP contribution in [-0.4, -0.2) is 50.0 Å². The lowest BCUT2D eigenvalue weighted by Crippen LogP contribution is -2.42. The van der Waals surface area contributed by atoms with Crippen LogP contribution < -0.4 is 20.7 Å². The Labute approximate surface area is 217 Å². The molecule has 37 heavy (non-hydrogen) atoms. The van der Waals surface area contributed by atoms with E-state index in [1.54, 1.807) is 19.2 Å². The largest absolute Gasteiger partial charge is 0.497 e. The smallest absolute Gasteiger partial charge is 0.322 e. The number of carbonyl (C=O) groups is 4. The topological polar surface area (TPSA) is 117 Å². The van der Waals surface area contributed by atoms with Crippen LogP contribution in [0.2, 0.25) is 0 Å². The van der Waals surface area contributed by atoms with Crippen molar-refractivity contribution in [3.63, 3.8) is 0 Å². The predicted octanol–water partition coefficient (Wildman–Crippen LogP) is 2.93. The molecule has 5 amide bonds. The van der Waals surface area contributed by atoms with Crippen LogP contribution in [0, 0.1) is 11.8 Å². The summed E-state index contributed by atoms with van der Waals surface area (Å²) in [4.78, 5) is 46.6. The zero-order valence-electron chi connectivity index (χ0n) is 21.9. The van der Waals surface area contributed by atoms with Crippen molar-refractivity contribution in [2.45, 2.75) is 45.6 Å². The lowest BCUT2D eigenvalue weighted by molar-refractivity contribution is -0.125. The summed E-state index contributed by atoms with van der Waals surface area (Å²) in [6, 6.07) is 12.6. The molecule has 9 heteroatoms. The zero-order chi connectivity index (χ0) is 27.4. The highest BCUT2D eigenvalue weighted by molar-refractivity contribution is 5.99. The van der Waals surface area contributed by atoms with Crippen LogP contribution in [0.5, 0.6) is 5.75 Å². The average Bonchev–Trinajstić information content (AvgIpc) is 3.25. The number of fused-ring (bicyclic) bond motifs is 1. The van der Waals surface area contributed by atoms with Crippen LogP contribution in [-0.2, 0) is 21.5 Å². The molecule has 0 bridgehead atoms. The van der Waals surface area contributed by atoms with Gasteiger partial charge < -0.3 is 20.3 Å². The molecule has 0 radical (unpaired) electrons. The molecule has 0 saturated carbocycles. The second kappa shape index (κ2) is 13.7. The Balaban J connectivity index is 0.000000261. The molecular formula is C28H34N4O5. The van der Waals surface area contributed by atoms with Gasteiger partial charge >= 0.3 is 6.03 Å². The number of likely N-dealkylation sites (N-methyl/N-ethyl adjacent to an activating group) is 1. The number of hydrogen-bond acceptors (Lipinski definition) is 5. The minimum absolute atomic E-state index is 0.0372. The number of ether oxygens (including phenoxy) is 1. The highest BCUT2D eigenvalue weighted by Crippen LogP contribution is 2.28. The maximum Gasteiger partial charge on any atom is 0.322 e.